The number of hydrogen-bond donors (Lipinski definition) is 1. The van der Waals surface area contributed by atoms with Crippen LogP contribution in [0.2, 0.25) is 0 Å². The van der Waals surface area contributed by atoms with Crippen LogP contribution < -0.4 is 5.73 Å². The first kappa shape index (κ1) is 19.1. The van der Waals surface area contributed by atoms with Gasteiger partial charge in [-0.1, -0.05) is 65.4 Å². The number of nitrogen functional groups attached to an aromatic ring is 1. The van der Waals surface area contributed by atoms with Crippen LogP contribution in [0.25, 0.3) is 0 Å². The summed E-state index contributed by atoms with van der Waals surface area (Å²) in [6, 6.07) is 4.46. The monoisotopic (exact) mass is 303 g/mol. The molecule has 1 aromatic carbocycles. The van der Waals surface area contributed by atoms with Crippen molar-refractivity contribution in [2.24, 2.45) is 0 Å². The molecule has 0 aliphatic heterocycles. The van der Waals surface area contributed by atoms with E-state index in [1.807, 2.05) is 0 Å². The number of nitrogens with two attached hydrogens (primary N) is 1. The van der Waals surface area contributed by atoms with Crippen LogP contribution in [0.1, 0.15) is 95.2 Å². The van der Waals surface area contributed by atoms with Crippen molar-refractivity contribution in [2.45, 2.75) is 97.8 Å². The van der Waals surface area contributed by atoms with Gasteiger partial charge in [-0.15, -0.1) is 0 Å². The summed E-state index contributed by atoms with van der Waals surface area (Å²) >= 11 is 0. The van der Waals surface area contributed by atoms with Crippen molar-refractivity contribution in [3.05, 3.63) is 28.8 Å². The lowest BCUT2D eigenvalue weighted by Crippen LogP contribution is -2.06. The molecule has 22 heavy (non-hydrogen) atoms. The Labute approximate surface area is 138 Å². The molecule has 0 aliphatic carbocycles. The topological polar surface area (TPSA) is 26.0 Å². The average Bonchev–Trinajstić information content (AvgIpc) is 2.52. The van der Waals surface area contributed by atoms with Gasteiger partial charge in [0, 0.05) is 5.69 Å². The van der Waals surface area contributed by atoms with Gasteiger partial charge in [0.1, 0.15) is 0 Å². The molecule has 0 bridgehead atoms. The second-order valence-corrected chi connectivity index (χ2v) is 6.64. The standard InChI is InChI=1S/C21H37N/c1-4-7-10-13-18-16-17-21(22)20(15-12-9-6-3)19(18)14-11-8-5-2/h16-17H,4-15,22H2,1-3H3. The highest BCUT2D eigenvalue weighted by Crippen LogP contribution is 2.27. The van der Waals surface area contributed by atoms with Gasteiger partial charge in [-0.05, 0) is 61.3 Å². The number of rotatable bonds is 12. The van der Waals surface area contributed by atoms with Crippen LogP contribution in [0.3, 0.4) is 0 Å². The molecule has 0 atom stereocenters. The lowest BCUT2D eigenvalue weighted by Gasteiger charge is -2.17. The maximum Gasteiger partial charge on any atom is 0.0349 e. The summed E-state index contributed by atoms with van der Waals surface area (Å²) in [6.07, 6.45) is 15.4. The predicted molar refractivity (Wildman–Crippen MR) is 101 cm³/mol. The molecule has 126 valence electrons. The summed E-state index contributed by atoms with van der Waals surface area (Å²) in [5.74, 6) is 0. The van der Waals surface area contributed by atoms with Crippen molar-refractivity contribution in [3.63, 3.8) is 0 Å². The molecule has 1 nitrogen and oxygen atoms in total. The van der Waals surface area contributed by atoms with Gasteiger partial charge in [-0.25, -0.2) is 0 Å². The van der Waals surface area contributed by atoms with Gasteiger partial charge in [-0.3, -0.25) is 0 Å². The Kier molecular flexibility index (Phi) is 10.0. The number of unbranched alkanes of at least 4 members (excludes halogenated alkanes) is 6. The molecule has 0 fully saturated rings. The van der Waals surface area contributed by atoms with E-state index < -0.39 is 0 Å². The zero-order valence-electron chi connectivity index (χ0n) is 15.2. The second-order valence-electron chi connectivity index (χ2n) is 6.64. The molecule has 0 unspecified atom stereocenters. The maximum absolute atomic E-state index is 6.33. The average molecular weight is 304 g/mol. The smallest absolute Gasteiger partial charge is 0.0349 e. The lowest BCUT2D eigenvalue weighted by atomic mass is 9.89. The van der Waals surface area contributed by atoms with Crippen molar-refractivity contribution < 1.29 is 0 Å². The minimum atomic E-state index is 1.03. The minimum absolute atomic E-state index is 1.03. The number of aryl methyl sites for hydroxylation is 1. The van der Waals surface area contributed by atoms with Crippen molar-refractivity contribution >= 4 is 5.69 Å². The Morgan fingerprint density at radius 3 is 1.68 bits per heavy atom. The van der Waals surface area contributed by atoms with Crippen LogP contribution in [-0.4, -0.2) is 0 Å². The largest absolute Gasteiger partial charge is 0.398 e. The highest BCUT2D eigenvalue weighted by atomic mass is 14.6. The molecule has 1 heteroatoms. The van der Waals surface area contributed by atoms with E-state index >= 15 is 0 Å². The van der Waals surface area contributed by atoms with Crippen molar-refractivity contribution in [1.82, 2.24) is 0 Å². The van der Waals surface area contributed by atoms with Gasteiger partial charge in [0.2, 0.25) is 0 Å². The molecule has 0 aromatic heterocycles. The molecule has 0 radical (unpaired) electrons. The summed E-state index contributed by atoms with van der Waals surface area (Å²) in [5, 5.41) is 0. The Morgan fingerprint density at radius 1 is 0.636 bits per heavy atom. The van der Waals surface area contributed by atoms with E-state index in [1.165, 1.54) is 82.6 Å². The summed E-state index contributed by atoms with van der Waals surface area (Å²) in [5.41, 5.74) is 12.0. The van der Waals surface area contributed by atoms with E-state index in [9.17, 15) is 0 Å². The van der Waals surface area contributed by atoms with Gasteiger partial charge in [0.25, 0.3) is 0 Å². The number of anilines is 1. The quantitative estimate of drug-likeness (QED) is 0.347. The molecular weight excluding hydrogens is 266 g/mol. The van der Waals surface area contributed by atoms with E-state index in [1.54, 1.807) is 11.1 Å². The third-order valence-electron chi connectivity index (χ3n) is 4.67. The van der Waals surface area contributed by atoms with Gasteiger partial charge >= 0.3 is 0 Å². The lowest BCUT2D eigenvalue weighted by molar-refractivity contribution is 0.678. The van der Waals surface area contributed by atoms with Crippen LogP contribution >= 0.6 is 0 Å². The van der Waals surface area contributed by atoms with Crippen molar-refractivity contribution in [2.75, 3.05) is 5.73 Å². The van der Waals surface area contributed by atoms with E-state index in [2.05, 4.69) is 32.9 Å². The molecule has 1 aromatic rings. The summed E-state index contributed by atoms with van der Waals surface area (Å²) < 4.78 is 0. The molecule has 0 amide bonds. The summed E-state index contributed by atoms with van der Waals surface area (Å²) in [6.45, 7) is 6.83. The van der Waals surface area contributed by atoms with E-state index in [-0.39, 0.29) is 0 Å². The van der Waals surface area contributed by atoms with E-state index in [4.69, 9.17) is 5.73 Å². The normalized spacial score (nSPS) is 11.0. The van der Waals surface area contributed by atoms with Gasteiger partial charge in [0.05, 0.1) is 0 Å². The van der Waals surface area contributed by atoms with E-state index in [0.29, 0.717) is 0 Å². The third-order valence-corrected chi connectivity index (χ3v) is 4.67. The van der Waals surface area contributed by atoms with Gasteiger partial charge in [0.15, 0.2) is 0 Å². The van der Waals surface area contributed by atoms with Gasteiger partial charge in [-0.2, -0.15) is 0 Å². The fraction of sp³-hybridized carbons (Fsp3) is 0.714. The van der Waals surface area contributed by atoms with Crippen molar-refractivity contribution in [1.29, 1.82) is 0 Å². The van der Waals surface area contributed by atoms with Crippen LogP contribution in [0.5, 0.6) is 0 Å². The Morgan fingerprint density at radius 2 is 1.14 bits per heavy atom. The number of hydrogen-bond acceptors (Lipinski definition) is 1. The minimum Gasteiger partial charge on any atom is -0.398 e. The molecule has 0 spiro atoms. The molecule has 0 aliphatic rings. The first-order chi connectivity index (χ1) is 10.7. The molecular formula is C21H37N. The number of benzene rings is 1. The summed E-state index contributed by atoms with van der Waals surface area (Å²) in [4.78, 5) is 0. The van der Waals surface area contributed by atoms with Crippen LogP contribution in [0.4, 0.5) is 5.69 Å². The Hall–Kier alpha value is -0.980. The van der Waals surface area contributed by atoms with Crippen LogP contribution in [0.15, 0.2) is 12.1 Å². The Bertz CT molecular complexity index is 409. The van der Waals surface area contributed by atoms with Crippen LogP contribution in [-0.2, 0) is 19.3 Å². The SMILES string of the molecule is CCCCCc1ccc(N)c(CCCCC)c1CCCCC. The van der Waals surface area contributed by atoms with Crippen molar-refractivity contribution in [3.8, 4) is 0 Å². The molecule has 1 rings (SSSR count). The Balaban J connectivity index is 2.89. The first-order valence-electron chi connectivity index (χ1n) is 9.63. The first-order valence-corrected chi connectivity index (χ1v) is 9.63. The van der Waals surface area contributed by atoms with Gasteiger partial charge < -0.3 is 5.73 Å². The third kappa shape index (κ3) is 6.42. The fourth-order valence-corrected chi connectivity index (χ4v) is 3.27. The predicted octanol–water partition coefficient (Wildman–Crippen LogP) is 6.47. The van der Waals surface area contributed by atoms with Crippen LogP contribution in [0, 0.1) is 0 Å². The molecule has 0 saturated carbocycles. The second kappa shape index (κ2) is 11.6. The summed E-state index contributed by atoms with van der Waals surface area (Å²) in [7, 11) is 0. The maximum atomic E-state index is 6.33. The molecule has 2 N–H and O–H groups in total. The molecule has 0 saturated heterocycles. The highest BCUT2D eigenvalue weighted by Gasteiger charge is 2.11. The molecule has 0 heterocycles. The zero-order chi connectivity index (χ0) is 16.2. The fourth-order valence-electron chi connectivity index (χ4n) is 3.27. The van der Waals surface area contributed by atoms with E-state index in [0.717, 1.165) is 5.69 Å². The zero-order valence-corrected chi connectivity index (χ0v) is 15.2. The highest BCUT2D eigenvalue weighted by molar-refractivity contribution is 5.54.